The van der Waals surface area contributed by atoms with Crippen molar-refractivity contribution in [2.75, 3.05) is 6.61 Å². The Morgan fingerprint density at radius 2 is 1.46 bits per heavy atom. The third-order valence-electron chi connectivity index (χ3n) is 4.96. The average Bonchev–Trinajstić information content (AvgIpc) is 2.72. The normalized spacial score (nSPS) is 11.8. The quantitative estimate of drug-likeness (QED) is 0.371. The number of carboxylic acid groups (broad SMARTS) is 1. The Balaban J connectivity index is 2.18. The lowest BCUT2D eigenvalue weighted by Gasteiger charge is -2.17. The zero-order valence-electron chi connectivity index (χ0n) is 16.8. The van der Waals surface area contributed by atoms with Crippen molar-refractivity contribution in [1.29, 1.82) is 0 Å². The van der Waals surface area contributed by atoms with E-state index in [1.807, 2.05) is 0 Å². The van der Waals surface area contributed by atoms with Crippen LogP contribution in [0.15, 0.2) is 48.5 Å². The molecule has 0 bridgehead atoms. The number of ether oxygens (including phenoxy) is 1. The number of carbonyl (C=O) groups excluding carboxylic acids is 1. The number of esters is 1. The largest absolute Gasteiger partial charge is 0.478 e. The zero-order chi connectivity index (χ0) is 20.4. The second kappa shape index (κ2) is 11.3. The van der Waals surface area contributed by atoms with Gasteiger partial charge in [-0.3, -0.25) is 0 Å². The van der Waals surface area contributed by atoms with Gasteiger partial charge in [-0.1, -0.05) is 75.9 Å². The van der Waals surface area contributed by atoms with Crippen molar-refractivity contribution in [3.05, 3.63) is 59.7 Å². The molecule has 0 heterocycles. The van der Waals surface area contributed by atoms with Crippen molar-refractivity contribution in [1.82, 2.24) is 0 Å². The Hall–Kier alpha value is -2.62. The summed E-state index contributed by atoms with van der Waals surface area (Å²) in [6.07, 6.45) is 6.70. The lowest BCUT2D eigenvalue weighted by atomic mass is 9.95. The van der Waals surface area contributed by atoms with Gasteiger partial charge in [-0.2, -0.15) is 0 Å². The van der Waals surface area contributed by atoms with E-state index in [9.17, 15) is 14.7 Å². The molecule has 0 saturated carbocycles. The standard InChI is InChI=1S/C24H30O4/c1-3-5-6-12-18(11-4-2)17-28-24(27)22-16-10-8-14-20(22)19-13-7-9-15-21(19)23(25)26/h7-10,13-16,18H,3-6,11-12,17H2,1-2H3,(H,25,26). The Morgan fingerprint density at radius 1 is 0.857 bits per heavy atom. The van der Waals surface area contributed by atoms with Crippen LogP contribution in [0, 0.1) is 5.92 Å². The van der Waals surface area contributed by atoms with Crippen LogP contribution in [-0.4, -0.2) is 23.7 Å². The molecule has 0 saturated heterocycles. The monoisotopic (exact) mass is 382 g/mol. The Kier molecular flexibility index (Phi) is 8.73. The molecule has 0 radical (unpaired) electrons. The van der Waals surface area contributed by atoms with Crippen LogP contribution in [0.1, 0.15) is 73.1 Å². The molecule has 1 atom stereocenters. The molecule has 1 N–H and O–H groups in total. The number of carboxylic acids is 1. The summed E-state index contributed by atoms with van der Waals surface area (Å²) in [5.74, 6) is -1.04. The minimum absolute atomic E-state index is 0.172. The van der Waals surface area contributed by atoms with Gasteiger partial charge in [-0.05, 0) is 42.0 Å². The summed E-state index contributed by atoms with van der Waals surface area (Å²) in [6, 6.07) is 13.8. The van der Waals surface area contributed by atoms with Gasteiger partial charge in [0.1, 0.15) is 0 Å². The number of carbonyl (C=O) groups is 2. The third-order valence-corrected chi connectivity index (χ3v) is 4.96. The summed E-state index contributed by atoms with van der Waals surface area (Å²) in [5, 5.41) is 9.48. The lowest BCUT2D eigenvalue weighted by molar-refractivity contribution is 0.0424. The van der Waals surface area contributed by atoms with Crippen LogP contribution in [-0.2, 0) is 4.74 Å². The molecule has 1 unspecified atom stereocenters. The van der Waals surface area contributed by atoms with E-state index in [1.165, 1.54) is 12.8 Å². The van der Waals surface area contributed by atoms with Gasteiger partial charge in [0.05, 0.1) is 17.7 Å². The SMILES string of the molecule is CCCCCC(CCC)COC(=O)c1ccccc1-c1ccccc1C(=O)O. The zero-order valence-corrected chi connectivity index (χ0v) is 16.8. The third kappa shape index (κ3) is 5.95. The van der Waals surface area contributed by atoms with E-state index < -0.39 is 11.9 Å². The van der Waals surface area contributed by atoms with E-state index in [1.54, 1.807) is 48.5 Å². The fourth-order valence-electron chi connectivity index (χ4n) is 3.47. The van der Waals surface area contributed by atoms with Crippen LogP contribution in [0.2, 0.25) is 0 Å². The van der Waals surface area contributed by atoms with Gasteiger partial charge in [-0.25, -0.2) is 9.59 Å². The molecule has 2 aromatic carbocycles. The van der Waals surface area contributed by atoms with E-state index in [0.29, 0.717) is 29.2 Å². The molecule has 0 amide bonds. The molecule has 0 aliphatic heterocycles. The predicted molar refractivity (Wildman–Crippen MR) is 112 cm³/mol. The highest BCUT2D eigenvalue weighted by Crippen LogP contribution is 2.28. The molecule has 4 nitrogen and oxygen atoms in total. The summed E-state index contributed by atoms with van der Waals surface area (Å²) >= 11 is 0. The first-order valence-electron chi connectivity index (χ1n) is 10.2. The first-order valence-corrected chi connectivity index (χ1v) is 10.2. The summed E-state index contributed by atoms with van der Waals surface area (Å²) in [6.45, 7) is 4.73. The molecule has 0 aromatic heterocycles. The summed E-state index contributed by atoms with van der Waals surface area (Å²) in [4.78, 5) is 24.4. The maximum absolute atomic E-state index is 12.8. The highest BCUT2D eigenvalue weighted by atomic mass is 16.5. The van der Waals surface area contributed by atoms with Crippen LogP contribution >= 0.6 is 0 Å². The van der Waals surface area contributed by atoms with Crippen LogP contribution in [0.3, 0.4) is 0 Å². The smallest absolute Gasteiger partial charge is 0.338 e. The first kappa shape index (κ1) is 21.7. The number of aromatic carboxylic acids is 1. The number of hydrogen-bond acceptors (Lipinski definition) is 3. The fraction of sp³-hybridized carbons (Fsp3) is 0.417. The number of rotatable bonds is 11. The van der Waals surface area contributed by atoms with E-state index in [2.05, 4.69) is 13.8 Å². The first-order chi connectivity index (χ1) is 13.6. The van der Waals surface area contributed by atoms with Gasteiger partial charge in [0.15, 0.2) is 0 Å². The predicted octanol–water partition coefficient (Wildman–Crippen LogP) is 6.21. The maximum atomic E-state index is 12.8. The summed E-state index contributed by atoms with van der Waals surface area (Å²) in [5.41, 5.74) is 1.69. The Bertz CT molecular complexity index is 782. The fourth-order valence-corrected chi connectivity index (χ4v) is 3.47. The topological polar surface area (TPSA) is 63.6 Å². The number of unbranched alkanes of at least 4 members (excludes halogenated alkanes) is 2. The van der Waals surface area contributed by atoms with Gasteiger partial charge in [0.2, 0.25) is 0 Å². The van der Waals surface area contributed by atoms with Gasteiger partial charge >= 0.3 is 11.9 Å². The number of benzene rings is 2. The van der Waals surface area contributed by atoms with Crippen molar-refractivity contribution >= 4 is 11.9 Å². The second-order valence-electron chi connectivity index (χ2n) is 7.15. The van der Waals surface area contributed by atoms with E-state index in [4.69, 9.17) is 4.74 Å². The molecule has 2 aromatic rings. The van der Waals surface area contributed by atoms with Crippen LogP contribution in [0.25, 0.3) is 11.1 Å². The van der Waals surface area contributed by atoms with Crippen molar-refractivity contribution in [2.45, 2.75) is 52.4 Å². The molecule has 0 aliphatic rings. The van der Waals surface area contributed by atoms with Gasteiger partial charge in [-0.15, -0.1) is 0 Å². The van der Waals surface area contributed by atoms with Crippen molar-refractivity contribution in [2.24, 2.45) is 5.92 Å². The van der Waals surface area contributed by atoms with E-state index in [0.717, 1.165) is 25.7 Å². The number of hydrogen-bond donors (Lipinski definition) is 1. The van der Waals surface area contributed by atoms with Gasteiger partial charge in [0.25, 0.3) is 0 Å². The van der Waals surface area contributed by atoms with Crippen LogP contribution in [0.4, 0.5) is 0 Å². The second-order valence-corrected chi connectivity index (χ2v) is 7.15. The minimum Gasteiger partial charge on any atom is -0.478 e. The highest BCUT2D eigenvalue weighted by molar-refractivity contribution is 6.02. The van der Waals surface area contributed by atoms with Gasteiger partial charge < -0.3 is 9.84 Å². The average molecular weight is 383 g/mol. The molecule has 0 aliphatic carbocycles. The van der Waals surface area contributed by atoms with E-state index in [-0.39, 0.29) is 5.56 Å². The molecule has 4 heteroatoms. The lowest BCUT2D eigenvalue weighted by Crippen LogP contribution is -2.15. The molecular formula is C24H30O4. The van der Waals surface area contributed by atoms with Crippen LogP contribution in [0.5, 0.6) is 0 Å². The van der Waals surface area contributed by atoms with Crippen LogP contribution < -0.4 is 0 Å². The molecule has 150 valence electrons. The summed E-state index contributed by atoms with van der Waals surface area (Å²) < 4.78 is 5.65. The van der Waals surface area contributed by atoms with E-state index >= 15 is 0 Å². The van der Waals surface area contributed by atoms with Crippen molar-refractivity contribution in [3.63, 3.8) is 0 Å². The Morgan fingerprint density at radius 3 is 2.07 bits per heavy atom. The molecular weight excluding hydrogens is 352 g/mol. The maximum Gasteiger partial charge on any atom is 0.338 e. The molecule has 28 heavy (non-hydrogen) atoms. The van der Waals surface area contributed by atoms with Gasteiger partial charge in [0, 0.05) is 0 Å². The summed E-state index contributed by atoms with van der Waals surface area (Å²) in [7, 11) is 0. The molecule has 2 rings (SSSR count). The Labute approximate surface area is 167 Å². The molecule has 0 fully saturated rings. The molecule has 0 spiro atoms. The minimum atomic E-state index is -1.02. The van der Waals surface area contributed by atoms with Crippen molar-refractivity contribution in [3.8, 4) is 11.1 Å². The van der Waals surface area contributed by atoms with Crippen molar-refractivity contribution < 1.29 is 19.4 Å². The highest BCUT2D eigenvalue weighted by Gasteiger charge is 2.19.